The van der Waals surface area contributed by atoms with Gasteiger partial charge in [0.2, 0.25) is 0 Å². The molecule has 29 heavy (non-hydrogen) atoms. The Morgan fingerprint density at radius 3 is 2.79 bits per heavy atom. The van der Waals surface area contributed by atoms with Crippen molar-refractivity contribution in [2.75, 3.05) is 21.0 Å². The smallest absolute Gasteiger partial charge is 0.331 e. The first-order chi connectivity index (χ1) is 14.0. The van der Waals surface area contributed by atoms with E-state index in [-0.39, 0.29) is 25.7 Å². The number of rotatable bonds is 7. The first-order valence-corrected chi connectivity index (χ1v) is 8.59. The van der Waals surface area contributed by atoms with Crippen molar-refractivity contribution in [1.29, 1.82) is 0 Å². The summed E-state index contributed by atoms with van der Waals surface area (Å²) in [7, 11) is 3.06. The molecule has 0 bridgehead atoms. The number of non-ortho nitro benzene ring substituents is 1. The van der Waals surface area contributed by atoms with Crippen LogP contribution in [0.15, 0.2) is 36.4 Å². The lowest BCUT2D eigenvalue weighted by molar-refractivity contribution is -0.385. The minimum atomic E-state index is -0.616. The number of nitrogens with zero attached hydrogens (tertiary/aromatic N) is 1. The fourth-order valence-electron chi connectivity index (χ4n) is 2.80. The number of hydrogen-bond acceptors (Lipinski definition) is 8. The monoisotopic (exact) mass is 401 g/mol. The second kappa shape index (κ2) is 9.07. The molecular weight excluding hydrogens is 382 g/mol. The summed E-state index contributed by atoms with van der Waals surface area (Å²) in [5, 5.41) is 11.1. The van der Waals surface area contributed by atoms with Crippen LogP contribution in [0.2, 0.25) is 0 Å². The van der Waals surface area contributed by atoms with E-state index in [0.717, 1.165) is 0 Å². The molecule has 3 rings (SSSR count). The van der Waals surface area contributed by atoms with E-state index in [1.54, 1.807) is 31.4 Å². The first kappa shape index (κ1) is 20.2. The number of fused-ring (bicyclic) bond motifs is 1. The summed E-state index contributed by atoms with van der Waals surface area (Å²) < 4.78 is 26.2. The molecule has 0 radical (unpaired) electrons. The van der Waals surface area contributed by atoms with Gasteiger partial charge in [0.05, 0.1) is 25.7 Å². The normalized spacial score (nSPS) is 12.8. The minimum Gasteiger partial charge on any atom is -0.497 e. The first-order valence-electron chi connectivity index (χ1n) is 8.59. The van der Waals surface area contributed by atoms with Crippen LogP contribution in [0.3, 0.4) is 0 Å². The van der Waals surface area contributed by atoms with Crippen molar-refractivity contribution in [3.8, 4) is 17.2 Å². The van der Waals surface area contributed by atoms with Crippen LogP contribution in [0.4, 0.5) is 5.69 Å². The number of carbonyl (C=O) groups excluding carboxylic acids is 1. The van der Waals surface area contributed by atoms with Crippen LogP contribution in [0, 0.1) is 10.1 Å². The largest absolute Gasteiger partial charge is 0.497 e. The molecule has 152 valence electrons. The van der Waals surface area contributed by atoms with Gasteiger partial charge < -0.3 is 23.7 Å². The lowest BCUT2D eigenvalue weighted by Crippen LogP contribution is -2.14. The maximum atomic E-state index is 12.1. The third kappa shape index (κ3) is 4.82. The van der Waals surface area contributed by atoms with Gasteiger partial charge in [0.15, 0.2) is 6.79 Å². The molecule has 0 saturated heterocycles. The quantitative estimate of drug-likeness (QED) is 0.301. The third-order valence-corrected chi connectivity index (χ3v) is 4.19. The van der Waals surface area contributed by atoms with Crippen LogP contribution < -0.4 is 14.2 Å². The predicted molar refractivity (Wildman–Crippen MR) is 102 cm³/mol. The topological polar surface area (TPSA) is 106 Å². The van der Waals surface area contributed by atoms with Crippen LogP contribution in [-0.2, 0) is 27.5 Å². The highest BCUT2D eigenvalue weighted by Crippen LogP contribution is 2.33. The molecule has 1 aliphatic rings. The molecule has 0 N–H and O–H groups in total. The van der Waals surface area contributed by atoms with Crippen molar-refractivity contribution in [2.45, 2.75) is 13.2 Å². The SMILES string of the molecule is COc1ccc(/C=C/C(=O)OCc2cc([N+](=O)[O-])cc3c2OCOC3)c(OC)c1. The Hall–Kier alpha value is -3.59. The zero-order valence-electron chi connectivity index (χ0n) is 15.9. The van der Waals surface area contributed by atoms with Crippen molar-refractivity contribution >= 4 is 17.7 Å². The van der Waals surface area contributed by atoms with Gasteiger partial charge >= 0.3 is 5.97 Å². The maximum Gasteiger partial charge on any atom is 0.331 e. The van der Waals surface area contributed by atoms with Crippen molar-refractivity contribution in [2.24, 2.45) is 0 Å². The number of methoxy groups -OCH3 is 2. The molecule has 2 aromatic carbocycles. The Morgan fingerprint density at radius 2 is 2.07 bits per heavy atom. The van der Waals surface area contributed by atoms with Crippen LogP contribution in [0.1, 0.15) is 16.7 Å². The molecule has 2 aromatic rings. The van der Waals surface area contributed by atoms with Crippen molar-refractivity contribution < 1.29 is 33.4 Å². The van der Waals surface area contributed by atoms with E-state index in [1.807, 2.05) is 0 Å². The lowest BCUT2D eigenvalue weighted by atomic mass is 10.1. The molecule has 9 heteroatoms. The number of nitro groups is 1. The molecule has 1 heterocycles. The fourth-order valence-corrected chi connectivity index (χ4v) is 2.80. The zero-order chi connectivity index (χ0) is 20.8. The average Bonchev–Trinajstić information content (AvgIpc) is 2.75. The van der Waals surface area contributed by atoms with Crippen LogP contribution >= 0.6 is 0 Å². The number of esters is 1. The Balaban J connectivity index is 1.72. The fraction of sp³-hybridized carbons (Fsp3) is 0.250. The van der Waals surface area contributed by atoms with Gasteiger partial charge in [-0.15, -0.1) is 0 Å². The molecule has 0 atom stereocenters. The molecule has 0 amide bonds. The van der Waals surface area contributed by atoms with Gasteiger partial charge in [-0.3, -0.25) is 10.1 Å². The molecule has 0 aromatic heterocycles. The maximum absolute atomic E-state index is 12.1. The highest BCUT2D eigenvalue weighted by Gasteiger charge is 2.21. The number of ether oxygens (including phenoxy) is 5. The van der Waals surface area contributed by atoms with E-state index in [0.29, 0.717) is 33.9 Å². The van der Waals surface area contributed by atoms with Crippen molar-refractivity contribution in [3.63, 3.8) is 0 Å². The molecule has 0 unspecified atom stereocenters. The number of carbonyl (C=O) groups is 1. The van der Waals surface area contributed by atoms with E-state index in [1.165, 1.54) is 25.3 Å². The van der Waals surface area contributed by atoms with Gasteiger partial charge in [-0.05, 0) is 18.2 Å². The summed E-state index contributed by atoms with van der Waals surface area (Å²) in [4.78, 5) is 22.7. The van der Waals surface area contributed by atoms with E-state index < -0.39 is 10.9 Å². The molecule has 0 spiro atoms. The summed E-state index contributed by atoms with van der Waals surface area (Å²) in [6.45, 7) is 0.0466. The number of benzene rings is 2. The van der Waals surface area contributed by atoms with Gasteiger partial charge in [-0.25, -0.2) is 4.79 Å². The highest BCUT2D eigenvalue weighted by atomic mass is 16.7. The standard InChI is InChI=1S/C20H19NO8/c1-25-17-5-3-13(18(9-17)26-2)4-6-19(22)28-11-15-8-16(21(23)24)7-14-10-27-12-29-20(14)15/h3-9H,10-12H2,1-2H3/b6-4+. The second-order valence-corrected chi connectivity index (χ2v) is 6.01. The summed E-state index contributed by atoms with van der Waals surface area (Å²) in [6.07, 6.45) is 2.80. The Kier molecular flexibility index (Phi) is 6.30. The summed E-state index contributed by atoms with van der Waals surface area (Å²) in [5.74, 6) is 0.987. The number of hydrogen-bond donors (Lipinski definition) is 0. The van der Waals surface area contributed by atoms with Crippen LogP contribution in [-0.4, -0.2) is 31.9 Å². The molecule has 0 saturated carbocycles. The van der Waals surface area contributed by atoms with Crippen LogP contribution in [0.25, 0.3) is 6.08 Å². The summed E-state index contributed by atoms with van der Waals surface area (Å²) in [6, 6.07) is 7.89. The van der Waals surface area contributed by atoms with E-state index in [4.69, 9.17) is 23.7 Å². The predicted octanol–water partition coefficient (Wildman–Crippen LogP) is 3.24. The van der Waals surface area contributed by atoms with Gasteiger partial charge in [0.1, 0.15) is 23.9 Å². The van der Waals surface area contributed by atoms with Crippen molar-refractivity contribution in [1.82, 2.24) is 0 Å². The molecular formula is C20H19NO8. The molecule has 0 fully saturated rings. The summed E-state index contributed by atoms with van der Waals surface area (Å²) >= 11 is 0. The second-order valence-electron chi connectivity index (χ2n) is 6.01. The van der Waals surface area contributed by atoms with Crippen LogP contribution in [0.5, 0.6) is 17.2 Å². The van der Waals surface area contributed by atoms with Gasteiger partial charge in [-0.1, -0.05) is 0 Å². The lowest BCUT2D eigenvalue weighted by Gasteiger charge is -2.20. The highest BCUT2D eigenvalue weighted by molar-refractivity contribution is 5.87. The molecule has 0 aliphatic carbocycles. The third-order valence-electron chi connectivity index (χ3n) is 4.19. The van der Waals surface area contributed by atoms with E-state index in [9.17, 15) is 14.9 Å². The Bertz CT molecular complexity index is 954. The van der Waals surface area contributed by atoms with Gasteiger partial charge in [0, 0.05) is 41.0 Å². The van der Waals surface area contributed by atoms with Gasteiger partial charge in [0.25, 0.3) is 5.69 Å². The Labute approximate surface area is 166 Å². The van der Waals surface area contributed by atoms with Crippen molar-refractivity contribution in [3.05, 3.63) is 63.2 Å². The number of nitro benzene ring substituents is 1. The molecule has 9 nitrogen and oxygen atoms in total. The summed E-state index contributed by atoms with van der Waals surface area (Å²) in [5.41, 5.74) is 1.48. The van der Waals surface area contributed by atoms with E-state index in [2.05, 4.69) is 0 Å². The average molecular weight is 401 g/mol. The molecule has 1 aliphatic heterocycles. The van der Waals surface area contributed by atoms with Gasteiger partial charge in [-0.2, -0.15) is 0 Å². The minimum absolute atomic E-state index is 0.0307. The Morgan fingerprint density at radius 1 is 1.24 bits per heavy atom. The zero-order valence-corrected chi connectivity index (χ0v) is 15.9. The van der Waals surface area contributed by atoms with E-state index >= 15 is 0 Å².